The average Bonchev–Trinajstić information content (AvgIpc) is 1.80. The van der Waals surface area contributed by atoms with Gasteiger partial charge in [-0.05, 0) is 6.42 Å². The van der Waals surface area contributed by atoms with E-state index in [1.807, 2.05) is 0 Å². The maximum atomic E-state index is 8.02. The van der Waals surface area contributed by atoms with Gasteiger partial charge in [-0.3, -0.25) is 15.3 Å². The Morgan fingerprint density at radius 3 is 2.44 bits per heavy atom. The van der Waals surface area contributed by atoms with E-state index in [2.05, 4.69) is 11.8 Å². The van der Waals surface area contributed by atoms with Crippen LogP contribution in [0.1, 0.15) is 26.2 Å². The summed E-state index contributed by atoms with van der Waals surface area (Å²) < 4.78 is 0. The van der Waals surface area contributed by atoms with Gasteiger partial charge < -0.3 is 0 Å². The normalized spacial score (nSPS) is 10.7. The van der Waals surface area contributed by atoms with Crippen molar-refractivity contribution >= 4 is 0 Å². The zero-order valence-corrected chi connectivity index (χ0v) is 5.58. The molecule has 0 radical (unpaired) electrons. The molecule has 0 aliphatic rings. The molecule has 0 bridgehead atoms. The molecule has 0 aromatic carbocycles. The van der Waals surface area contributed by atoms with E-state index < -0.39 is 0 Å². The van der Waals surface area contributed by atoms with E-state index in [-0.39, 0.29) is 5.39 Å². The summed E-state index contributed by atoms with van der Waals surface area (Å²) in [6, 6.07) is 0. The summed E-state index contributed by atoms with van der Waals surface area (Å²) in [4.78, 5) is 4.29. The first-order valence-electron chi connectivity index (χ1n) is 3.08. The highest BCUT2D eigenvalue weighted by molar-refractivity contribution is 4.32. The summed E-state index contributed by atoms with van der Waals surface area (Å²) in [5.41, 5.74) is 0. The lowest BCUT2D eigenvalue weighted by Crippen LogP contribution is -2.14. The fourth-order valence-corrected chi connectivity index (χ4v) is 0.498. The lowest BCUT2D eigenvalue weighted by atomic mass is 10.3. The molecule has 0 aromatic rings. The number of unbranched alkanes of at least 4 members (excludes halogenated alkanes) is 2. The van der Waals surface area contributed by atoms with Gasteiger partial charge in [-0.25, -0.2) is 0 Å². The molecule has 0 fully saturated rings. The summed E-state index contributed by atoms with van der Waals surface area (Å²) in [6.45, 7) is 2.43. The Labute approximate surface area is 54.5 Å². The van der Waals surface area contributed by atoms with Crippen molar-refractivity contribution in [1.29, 1.82) is 0 Å². The molecule has 0 aromatic heterocycles. The number of rotatable bonds is 5. The fraction of sp³-hybridized carbons (Fsp3) is 1.00. The Morgan fingerprint density at radius 2 is 2.00 bits per heavy atom. The van der Waals surface area contributed by atoms with Gasteiger partial charge in [0.25, 0.3) is 0 Å². The molecule has 4 heteroatoms. The summed E-state index contributed by atoms with van der Waals surface area (Å²) in [6.07, 6.45) is 3.00. The molecule has 2 N–H and O–H groups in total. The fourth-order valence-electron chi connectivity index (χ4n) is 0.498. The van der Waals surface area contributed by atoms with Gasteiger partial charge in [-0.1, -0.05) is 19.8 Å². The van der Waals surface area contributed by atoms with Crippen molar-refractivity contribution < 1.29 is 15.3 Å². The SMILES string of the molecule is CCCCCON(O)O. The molecule has 0 rings (SSSR count). The Morgan fingerprint density at radius 1 is 1.33 bits per heavy atom. The maximum absolute atomic E-state index is 8.02. The van der Waals surface area contributed by atoms with Crippen molar-refractivity contribution in [2.45, 2.75) is 26.2 Å². The standard InChI is InChI=1S/C5H13NO3/c1-2-3-4-5-9-6(7)8/h7-8H,2-5H2,1H3. The van der Waals surface area contributed by atoms with Gasteiger partial charge in [0.1, 0.15) is 0 Å². The Hall–Kier alpha value is -0.160. The average molecular weight is 135 g/mol. The third kappa shape index (κ3) is 7.84. The minimum Gasteiger partial charge on any atom is -0.266 e. The molecule has 0 unspecified atom stereocenters. The van der Waals surface area contributed by atoms with Crippen molar-refractivity contribution in [3.8, 4) is 0 Å². The highest BCUT2D eigenvalue weighted by Crippen LogP contribution is 1.93. The van der Waals surface area contributed by atoms with Crippen LogP contribution < -0.4 is 0 Å². The second-order valence-corrected chi connectivity index (χ2v) is 1.79. The van der Waals surface area contributed by atoms with Crippen molar-refractivity contribution in [2.24, 2.45) is 0 Å². The van der Waals surface area contributed by atoms with Crippen molar-refractivity contribution in [3.63, 3.8) is 0 Å². The lowest BCUT2D eigenvalue weighted by molar-refractivity contribution is -0.492. The highest BCUT2D eigenvalue weighted by Gasteiger charge is 1.91. The minimum atomic E-state index is -0.254. The van der Waals surface area contributed by atoms with E-state index in [0.717, 1.165) is 19.3 Å². The van der Waals surface area contributed by atoms with Crippen LogP contribution in [0.3, 0.4) is 0 Å². The van der Waals surface area contributed by atoms with Crippen molar-refractivity contribution in [3.05, 3.63) is 0 Å². The van der Waals surface area contributed by atoms with Crippen LogP contribution in [-0.4, -0.2) is 22.4 Å². The second kappa shape index (κ2) is 5.97. The minimum absolute atomic E-state index is 0.254. The van der Waals surface area contributed by atoms with Gasteiger partial charge in [0, 0.05) is 0 Å². The topological polar surface area (TPSA) is 52.9 Å². The predicted octanol–water partition coefficient (Wildman–Crippen LogP) is 1.19. The third-order valence-electron chi connectivity index (χ3n) is 0.955. The van der Waals surface area contributed by atoms with E-state index in [4.69, 9.17) is 10.4 Å². The first-order chi connectivity index (χ1) is 4.27. The van der Waals surface area contributed by atoms with Crippen molar-refractivity contribution in [1.82, 2.24) is 5.39 Å². The zero-order chi connectivity index (χ0) is 7.11. The molecule has 56 valence electrons. The third-order valence-corrected chi connectivity index (χ3v) is 0.955. The van der Waals surface area contributed by atoms with Crippen LogP contribution in [0.2, 0.25) is 0 Å². The van der Waals surface area contributed by atoms with Gasteiger partial charge in [0.2, 0.25) is 0 Å². The first-order valence-corrected chi connectivity index (χ1v) is 3.08. The zero-order valence-electron chi connectivity index (χ0n) is 5.58. The van der Waals surface area contributed by atoms with E-state index in [9.17, 15) is 0 Å². The molecule has 0 atom stereocenters. The predicted molar refractivity (Wildman–Crippen MR) is 30.9 cm³/mol. The van der Waals surface area contributed by atoms with Crippen LogP contribution in [0.5, 0.6) is 0 Å². The monoisotopic (exact) mass is 135 g/mol. The maximum Gasteiger partial charge on any atom is 0.0736 e. The van der Waals surface area contributed by atoms with Crippen LogP contribution in [0.4, 0.5) is 0 Å². The van der Waals surface area contributed by atoms with Crippen molar-refractivity contribution in [2.75, 3.05) is 6.61 Å². The Bertz CT molecular complexity index is 58.2. The molecule has 0 aliphatic carbocycles. The molecule has 0 saturated heterocycles. The number of hydrogen-bond acceptors (Lipinski definition) is 4. The van der Waals surface area contributed by atoms with Gasteiger partial charge in [-0.2, -0.15) is 0 Å². The quantitative estimate of drug-likeness (QED) is 0.439. The van der Waals surface area contributed by atoms with E-state index in [1.54, 1.807) is 0 Å². The summed E-state index contributed by atoms with van der Waals surface area (Å²) in [5, 5.41) is 15.8. The lowest BCUT2D eigenvalue weighted by Gasteiger charge is -2.04. The summed E-state index contributed by atoms with van der Waals surface area (Å²) in [7, 11) is 0. The van der Waals surface area contributed by atoms with E-state index in [0.29, 0.717) is 6.61 Å². The molecule has 4 nitrogen and oxygen atoms in total. The summed E-state index contributed by atoms with van der Waals surface area (Å²) >= 11 is 0. The second-order valence-electron chi connectivity index (χ2n) is 1.79. The van der Waals surface area contributed by atoms with Gasteiger partial charge >= 0.3 is 0 Å². The molecule has 0 saturated carbocycles. The summed E-state index contributed by atoms with van der Waals surface area (Å²) in [5.74, 6) is 0. The molecule has 0 amide bonds. The van der Waals surface area contributed by atoms with E-state index >= 15 is 0 Å². The molecule has 0 spiro atoms. The smallest absolute Gasteiger partial charge is 0.0736 e. The Balaban J connectivity index is 2.75. The number of nitrogens with zero attached hydrogens (tertiary/aromatic N) is 1. The highest BCUT2D eigenvalue weighted by atomic mass is 17.1. The molecular formula is C5H13NO3. The van der Waals surface area contributed by atoms with Crippen LogP contribution in [0, 0.1) is 0 Å². The van der Waals surface area contributed by atoms with Gasteiger partial charge in [0.05, 0.1) is 12.0 Å². The molecule has 0 heterocycles. The van der Waals surface area contributed by atoms with Crippen LogP contribution in [0.15, 0.2) is 0 Å². The van der Waals surface area contributed by atoms with Gasteiger partial charge in [0.15, 0.2) is 0 Å². The molecule has 0 aliphatic heterocycles. The number of hydrogen-bond donors (Lipinski definition) is 2. The van der Waals surface area contributed by atoms with Gasteiger partial charge in [-0.15, -0.1) is 0 Å². The Kier molecular flexibility index (Phi) is 5.86. The van der Waals surface area contributed by atoms with Crippen LogP contribution >= 0.6 is 0 Å². The largest absolute Gasteiger partial charge is 0.266 e. The molecular weight excluding hydrogens is 122 g/mol. The molecule has 9 heavy (non-hydrogen) atoms. The van der Waals surface area contributed by atoms with E-state index in [1.165, 1.54) is 0 Å². The van der Waals surface area contributed by atoms with Crippen LogP contribution in [0.25, 0.3) is 0 Å². The first kappa shape index (κ1) is 8.84. The van der Waals surface area contributed by atoms with Crippen LogP contribution in [-0.2, 0) is 4.84 Å².